The highest BCUT2D eigenvalue weighted by molar-refractivity contribution is 5.92. The summed E-state index contributed by atoms with van der Waals surface area (Å²) >= 11 is 0. The van der Waals surface area contributed by atoms with E-state index in [1.54, 1.807) is 5.01 Å². The minimum Gasteiger partial charge on any atom is -0.481 e. The molecule has 0 aliphatic carbocycles. The Morgan fingerprint density at radius 1 is 1.10 bits per heavy atom. The molecule has 1 saturated heterocycles. The van der Waals surface area contributed by atoms with Crippen LogP contribution in [0.4, 0.5) is 5.69 Å². The van der Waals surface area contributed by atoms with Crippen molar-refractivity contribution in [2.45, 2.75) is 32.1 Å². The number of para-hydroxylation sites is 1. The van der Waals surface area contributed by atoms with Crippen molar-refractivity contribution in [2.24, 2.45) is 0 Å². The standard InChI is InChI=1S/C15H20N2O3/c18-14(9-6-10-15(19)20)17(16-11-4-5-12-16)13-7-2-1-3-8-13/h1-3,7-8H,4-6,9-12H2,(H,19,20). The summed E-state index contributed by atoms with van der Waals surface area (Å²) in [6, 6.07) is 9.55. The Hall–Kier alpha value is -1.88. The van der Waals surface area contributed by atoms with Crippen molar-refractivity contribution in [1.82, 2.24) is 5.01 Å². The van der Waals surface area contributed by atoms with Crippen LogP contribution in [0.5, 0.6) is 0 Å². The molecule has 5 heteroatoms. The van der Waals surface area contributed by atoms with E-state index >= 15 is 0 Å². The van der Waals surface area contributed by atoms with Crippen LogP contribution >= 0.6 is 0 Å². The Labute approximate surface area is 118 Å². The summed E-state index contributed by atoms with van der Waals surface area (Å²) in [6.07, 6.45) is 2.86. The van der Waals surface area contributed by atoms with Gasteiger partial charge in [0.1, 0.15) is 0 Å². The molecule has 1 N–H and O–H groups in total. The lowest BCUT2D eigenvalue weighted by Crippen LogP contribution is -2.45. The van der Waals surface area contributed by atoms with Gasteiger partial charge in [-0.25, -0.2) is 10.0 Å². The first kappa shape index (κ1) is 14.5. The molecule has 1 fully saturated rings. The molecule has 1 aromatic rings. The van der Waals surface area contributed by atoms with Gasteiger partial charge in [-0.15, -0.1) is 0 Å². The van der Waals surface area contributed by atoms with Crippen LogP contribution in [-0.2, 0) is 9.59 Å². The third kappa shape index (κ3) is 3.81. The van der Waals surface area contributed by atoms with Crippen LogP contribution in [0.15, 0.2) is 30.3 Å². The number of carbonyl (C=O) groups is 2. The van der Waals surface area contributed by atoms with Gasteiger partial charge < -0.3 is 5.11 Å². The van der Waals surface area contributed by atoms with E-state index in [2.05, 4.69) is 5.01 Å². The Kier molecular flexibility index (Phi) is 5.12. The molecule has 0 atom stereocenters. The zero-order chi connectivity index (χ0) is 14.4. The van der Waals surface area contributed by atoms with Gasteiger partial charge in [0.2, 0.25) is 5.91 Å². The number of aliphatic carboxylic acids is 1. The summed E-state index contributed by atoms with van der Waals surface area (Å²) in [5.74, 6) is -0.885. The van der Waals surface area contributed by atoms with E-state index in [1.165, 1.54) is 0 Å². The molecule has 0 radical (unpaired) electrons. The number of anilines is 1. The van der Waals surface area contributed by atoms with Crippen molar-refractivity contribution >= 4 is 17.6 Å². The molecule has 1 aromatic carbocycles. The van der Waals surface area contributed by atoms with Crippen molar-refractivity contribution < 1.29 is 14.7 Å². The topological polar surface area (TPSA) is 60.9 Å². The van der Waals surface area contributed by atoms with E-state index in [-0.39, 0.29) is 18.7 Å². The first-order valence-corrected chi connectivity index (χ1v) is 7.03. The molecule has 5 nitrogen and oxygen atoms in total. The maximum Gasteiger partial charge on any atom is 0.303 e. The van der Waals surface area contributed by atoms with Crippen LogP contribution in [-0.4, -0.2) is 35.1 Å². The third-order valence-electron chi connectivity index (χ3n) is 3.38. The highest BCUT2D eigenvalue weighted by atomic mass is 16.4. The lowest BCUT2D eigenvalue weighted by atomic mass is 10.2. The summed E-state index contributed by atoms with van der Waals surface area (Å²) in [6.45, 7) is 1.75. The van der Waals surface area contributed by atoms with E-state index in [1.807, 2.05) is 30.3 Å². The number of hydrogen-bond acceptors (Lipinski definition) is 3. The van der Waals surface area contributed by atoms with Crippen LogP contribution in [0.2, 0.25) is 0 Å². The number of hydrazine groups is 1. The first-order chi connectivity index (χ1) is 9.68. The predicted molar refractivity (Wildman–Crippen MR) is 76.2 cm³/mol. The van der Waals surface area contributed by atoms with Crippen molar-refractivity contribution in [3.8, 4) is 0 Å². The zero-order valence-electron chi connectivity index (χ0n) is 11.5. The van der Waals surface area contributed by atoms with Gasteiger partial charge in [-0.3, -0.25) is 9.59 Å². The van der Waals surface area contributed by atoms with Crippen molar-refractivity contribution in [3.05, 3.63) is 30.3 Å². The van der Waals surface area contributed by atoms with Gasteiger partial charge in [-0.1, -0.05) is 18.2 Å². The largest absolute Gasteiger partial charge is 0.481 e. The highest BCUT2D eigenvalue weighted by Crippen LogP contribution is 2.21. The molecule has 0 aromatic heterocycles. The van der Waals surface area contributed by atoms with Gasteiger partial charge in [-0.2, -0.15) is 0 Å². The van der Waals surface area contributed by atoms with Crippen LogP contribution in [0, 0.1) is 0 Å². The van der Waals surface area contributed by atoms with Gasteiger partial charge in [0.15, 0.2) is 0 Å². The molecule has 1 aliphatic heterocycles. The second-order valence-corrected chi connectivity index (χ2v) is 4.95. The van der Waals surface area contributed by atoms with Crippen molar-refractivity contribution in [2.75, 3.05) is 18.1 Å². The average Bonchev–Trinajstić information content (AvgIpc) is 2.93. The minimum atomic E-state index is -0.856. The molecular weight excluding hydrogens is 256 g/mol. The number of carbonyl (C=O) groups excluding carboxylic acids is 1. The maximum absolute atomic E-state index is 12.4. The van der Waals surface area contributed by atoms with Crippen LogP contribution < -0.4 is 5.01 Å². The molecule has 1 amide bonds. The zero-order valence-corrected chi connectivity index (χ0v) is 11.5. The SMILES string of the molecule is O=C(O)CCCC(=O)N(c1ccccc1)N1CCCC1. The van der Waals surface area contributed by atoms with Crippen molar-refractivity contribution in [1.29, 1.82) is 0 Å². The summed E-state index contributed by atoms with van der Waals surface area (Å²) in [4.78, 5) is 22.9. The van der Waals surface area contributed by atoms with E-state index in [0.29, 0.717) is 6.42 Å². The summed E-state index contributed by atoms with van der Waals surface area (Å²) < 4.78 is 0. The Morgan fingerprint density at radius 3 is 2.35 bits per heavy atom. The van der Waals surface area contributed by atoms with E-state index < -0.39 is 5.97 Å². The Morgan fingerprint density at radius 2 is 1.75 bits per heavy atom. The molecular formula is C15H20N2O3. The quantitative estimate of drug-likeness (QED) is 0.866. The van der Waals surface area contributed by atoms with E-state index in [4.69, 9.17) is 5.11 Å². The molecule has 1 heterocycles. The summed E-state index contributed by atoms with van der Waals surface area (Å²) in [5, 5.41) is 12.4. The number of hydrogen-bond donors (Lipinski definition) is 1. The molecule has 2 rings (SSSR count). The second kappa shape index (κ2) is 7.05. The van der Waals surface area contributed by atoms with Crippen LogP contribution in [0.1, 0.15) is 32.1 Å². The van der Waals surface area contributed by atoms with Gasteiger partial charge in [0, 0.05) is 25.9 Å². The van der Waals surface area contributed by atoms with Crippen LogP contribution in [0.25, 0.3) is 0 Å². The number of amides is 1. The highest BCUT2D eigenvalue weighted by Gasteiger charge is 2.25. The van der Waals surface area contributed by atoms with Crippen LogP contribution in [0.3, 0.4) is 0 Å². The normalized spacial score (nSPS) is 15.2. The smallest absolute Gasteiger partial charge is 0.303 e. The fourth-order valence-electron chi connectivity index (χ4n) is 2.43. The second-order valence-electron chi connectivity index (χ2n) is 4.95. The molecule has 0 unspecified atom stereocenters. The summed E-state index contributed by atoms with van der Waals surface area (Å²) in [5.41, 5.74) is 0.856. The monoisotopic (exact) mass is 276 g/mol. The lowest BCUT2D eigenvalue weighted by molar-refractivity contribution is -0.137. The van der Waals surface area contributed by atoms with Gasteiger partial charge in [0.25, 0.3) is 0 Å². The van der Waals surface area contributed by atoms with Gasteiger partial charge >= 0.3 is 5.97 Å². The third-order valence-corrected chi connectivity index (χ3v) is 3.38. The van der Waals surface area contributed by atoms with Crippen molar-refractivity contribution in [3.63, 3.8) is 0 Å². The molecule has 0 saturated carbocycles. The lowest BCUT2D eigenvalue weighted by Gasteiger charge is -2.31. The Bertz CT molecular complexity index is 455. The molecule has 1 aliphatic rings. The Balaban J connectivity index is 2.06. The number of carboxylic acid groups (broad SMARTS) is 1. The van der Waals surface area contributed by atoms with Gasteiger partial charge in [-0.05, 0) is 31.4 Å². The van der Waals surface area contributed by atoms with Gasteiger partial charge in [0.05, 0.1) is 5.69 Å². The predicted octanol–water partition coefficient (Wildman–Crippen LogP) is 2.29. The number of benzene rings is 1. The molecule has 0 spiro atoms. The molecule has 20 heavy (non-hydrogen) atoms. The fraction of sp³-hybridized carbons (Fsp3) is 0.467. The maximum atomic E-state index is 12.4. The van der Waals surface area contributed by atoms with E-state index in [9.17, 15) is 9.59 Å². The average molecular weight is 276 g/mol. The number of rotatable bonds is 6. The number of nitrogens with zero attached hydrogens (tertiary/aromatic N) is 2. The summed E-state index contributed by atoms with van der Waals surface area (Å²) in [7, 11) is 0. The first-order valence-electron chi connectivity index (χ1n) is 7.03. The fourth-order valence-corrected chi connectivity index (χ4v) is 2.43. The molecule has 0 bridgehead atoms. The molecule has 108 valence electrons. The van der Waals surface area contributed by atoms with E-state index in [0.717, 1.165) is 31.6 Å². The number of carboxylic acids is 1. The minimum absolute atomic E-state index is 0.0284.